The molecule has 1 aliphatic heterocycles. The Morgan fingerprint density at radius 1 is 1.58 bits per heavy atom. The summed E-state index contributed by atoms with van der Waals surface area (Å²) in [6, 6.07) is -1.03. The monoisotopic (exact) mass is 191 g/mol. The molecule has 0 aromatic carbocycles. The number of carbonyl (C=O) groups excluding carboxylic acids is 2. The van der Waals surface area contributed by atoms with Crippen LogP contribution in [0.1, 0.15) is 6.42 Å². The fourth-order valence-electron chi connectivity index (χ4n) is 0.799. The van der Waals surface area contributed by atoms with Crippen molar-refractivity contribution in [2.45, 2.75) is 19.0 Å². The number of hydrogen-bond acceptors (Lipinski definition) is 6. The quantitative estimate of drug-likeness (QED) is 0.446. The van der Waals surface area contributed by atoms with E-state index in [4.69, 9.17) is 5.73 Å². The van der Waals surface area contributed by atoms with Gasteiger partial charge in [-0.3, -0.25) is 9.59 Å². The van der Waals surface area contributed by atoms with Crippen molar-refractivity contribution in [3.63, 3.8) is 0 Å². The Morgan fingerprint density at radius 3 is 2.75 bits per heavy atom. The van der Waals surface area contributed by atoms with Crippen molar-refractivity contribution in [2.24, 2.45) is 5.73 Å². The van der Waals surface area contributed by atoms with Crippen molar-refractivity contribution >= 4 is 20.7 Å². The SMILES string of the molecule is C[Si]1(O)OC(=O)CC(N)C(=O)O1. The number of rotatable bonds is 0. The Kier molecular flexibility index (Phi) is 2.17. The van der Waals surface area contributed by atoms with Gasteiger partial charge in [-0.05, 0) is 0 Å². The fraction of sp³-hybridized carbons (Fsp3) is 0.600. The van der Waals surface area contributed by atoms with Gasteiger partial charge in [-0.2, -0.15) is 0 Å². The molecule has 0 amide bonds. The van der Waals surface area contributed by atoms with Crippen LogP contribution in [-0.4, -0.2) is 31.6 Å². The lowest BCUT2D eigenvalue weighted by Crippen LogP contribution is -2.42. The first-order valence-corrected chi connectivity index (χ1v) is 5.60. The first-order valence-electron chi connectivity index (χ1n) is 3.33. The summed E-state index contributed by atoms with van der Waals surface area (Å²) in [7, 11) is -3.59. The predicted octanol–water partition coefficient (Wildman–Crippen LogP) is -1.64. The van der Waals surface area contributed by atoms with Gasteiger partial charge in [0.05, 0.1) is 6.42 Å². The van der Waals surface area contributed by atoms with Crippen LogP contribution in [-0.2, 0) is 18.4 Å². The van der Waals surface area contributed by atoms with Gasteiger partial charge < -0.3 is 19.4 Å². The van der Waals surface area contributed by atoms with Crippen LogP contribution in [0, 0.1) is 0 Å². The zero-order valence-electron chi connectivity index (χ0n) is 6.44. The van der Waals surface area contributed by atoms with E-state index in [9.17, 15) is 14.4 Å². The van der Waals surface area contributed by atoms with Gasteiger partial charge >= 0.3 is 14.8 Å². The predicted molar refractivity (Wildman–Crippen MR) is 38.6 cm³/mol. The first-order chi connectivity index (χ1) is 5.41. The van der Waals surface area contributed by atoms with Gasteiger partial charge in [0, 0.05) is 6.55 Å². The maximum absolute atomic E-state index is 10.9. The number of hydrogen-bond donors (Lipinski definition) is 2. The summed E-state index contributed by atoms with van der Waals surface area (Å²) in [6.07, 6.45) is -0.248. The van der Waals surface area contributed by atoms with Crippen LogP contribution < -0.4 is 5.73 Å². The highest BCUT2D eigenvalue weighted by Crippen LogP contribution is 2.11. The summed E-state index contributed by atoms with van der Waals surface area (Å²) >= 11 is 0. The molecule has 0 saturated carbocycles. The second-order valence-corrected chi connectivity index (χ2v) is 4.81. The molecule has 0 bridgehead atoms. The summed E-state index contributed by atoms with van der Waals surface area (Å²) in [5, 5.41) is 0. The van der Waals surface area contributed by atoms with Crippen molar-refractivity contribution in [2.75, 3.05) is 0 Å². The van der Waals surface area contributed by atoms with Crippen LogP contribution >= 0.6 is 0 Å². The molecule has 1 aliphatic rings. The molecule has 3 N–H and O–H groups in total. The molecule has 7 heteroatoms. The highest BCUT2D eigenvalue weighted by molar-refractivity contribution is 6.61. The lowest BCUT2D eigenvalue weighted by molar-refractivity contribution is -0.138. The zero-order chi connectivity index (χ0) is 9.35. The fourth-order valence-corrected chi connectivity index (χ4v) is 1.87. The lowest BCUT2D eigenvalue weighted by Gasteiger charge is -2.15. The van der Waals surface area contributed by atoms with E-state index in [0.717, 1.165) is 0 Å². The molecule has 0 spiro atoms. The molecular formula is C5H9NO5Si. The van der Waals surface area contributed by atoms with Gasteiger partial charge in [0.15, 0.2) is 0 Å². The third-order valence-corrected chi connectivity index (χ3v) is 2.47. The van der Waals surface area contributed by atoms with E-state index in [0.29, 0.717) is 0 Å². The van der Waals surface area contributed by atoms with E-state index < -0.39 is 26.8 Å². The van der Waals surface area contributed by atoms with Crippen molar-refractivity contribution < 1.29 is 23.2 Å². The Labute approximate surface area is 69.6 Å². The molecule has 0 radical (unpaired) electrons. The van der Waals surface area contributed by atoms with E-state index in [1.807, 2.05) is 0 Å². The van der Waals surface area contributed by atoms with E-state index >= 15 is 0 Å². The molecule has 1 heterocycles. The van der Waals surface area contributed by atoms with Crippen molar-refractivity contribution in [3.8, 4) is 0 Å². The van der Waals surface area contributed by atoms with E-state index in [2.05, 4.69) is 8.85 Å². The number of carbonyl (C=O) groups is 2. The molecule has 1 fully saturated rings. The first kappa shape index (κ1) is 9.17. The summed E-state index contributed by atoms with van der Waals surface area (Å²) in [6.45, 7) is 1.18. The van der Waals surface area contributed by atoms with E-state index in [-0.39, 0.29) is 6.42 Å². The molecule has 0 aromatic rings. The van der Waals surface area contributed by atoms with Gasteiger partial charge in [-0.1, -0.05) is 0 Å². The average Bonchev–Trinajstić information content (AvgIpc) is 1.89. The minimum Gasteiger partial charge on any atom is -0.464 e. The molecule has 1 rings (SSSR count). The average molecular weight is 191 g/mol. The molecule has 12 heavy (non-hydrogen) atoms. The van der Waals surface area contributed by atoms with Crippen LogP contribution in [0.4, 0.5) is 0 Å². The highest BCUT2D eigenvalue weighted by Gasteiger charge is 2.44. The van der Waals surface area contributed by atoms with Gasteiger partial charge in [0.2, 0.25) is 0 Å². The normalized spacial score (nSPS) is 36.8. The van der Waals surface area contributed by atoms with Crippen LogP contribution in [0.25, 0.3) is 0 Å². The zero-order valence-corrected chi connectivity index (χ0v) is 7.44. The van der Waals surface area contributed by atoms with Crippen molar-refractivity contribution in [3.05, 3.63) is 0 Å². The molecule has 6 nitrogen and oxygen atoms in total. The van der Waals surface area contributed by atoms with Gasteiger partial charge in [0.1, 0.15) is 6.04 Å². The van der Waals surface area contributed by atoms with Crippen LogP contribution in [0.15, 0.2) is 0 Å². The Balaban J connectivity index is 2.80. The third kappa shape index (κ3) is 2.03. The van der Waals surface area contributed by atoms with Crippen molar-refractivity contribution in [1.29, 1.82) is 0 Å². The minimum absolute atomic E-state index is 0.248. The van der Waals surface area contributed by atoms with Crippen LogP contribution in [0.5, 0.6) is 0 Å². The summed E-state index contributed by atoms with van der Waals surface area (Å²) < 4.78 is 8.94. The minimum atomic E-state index is -3.59. The van der Waals surface area contributed by atoms with Gasteiger partial charge in [0.25, 0.3) is 5.97 Å². The smallest absolute Gasteiger partial charge is 0.464 e. The molecule has 68 valence electrons. The van der Waals surface area contributed by atoms with Gasteiger partial charge in [-0.25, -0.2) is 0 Å². The largest absolute Gasteiger partial charge is 0.630 e. The number of nitrogens with two attached hydrogens (primary N) is 1. The maximum atomic E-state index is 10.9. The van der Waals surface area contributed by atoms with Crippen molar-refractivity contribution in [1.82, 2.24) is 0 Å². The highest BCUT2D eigenvalue weighted by atomic mass is 28.4. The lowest BCUT2D eigenvalue weighted by atomic mass is 10.2. The van der Waals surface area contributed by atoms with Crippen LogP contribution in [0.2, 0.25) is 6.55 Å². The third-order valence-electron chi connectivity index (χ3n) is 1.28. The Hall–Kier alpha value is -0.923. The second-order valence-electron chi connectivity index (χ2n) is 2.60. The summed E-state index contributed by atoms with van der Waals surface area (Å²) in [4.78, 5) is 30.9. The van der Waals surface area contributed by atoms with E-state index in [1.54, 1.807) is 0 Å². The summed E-state index contributed by atoms with van der Waals surface area (Å²) in [5.41, 5.74) is 5.23. The molecular weight excluding hydrogens is 182 g/mol. The topological polar surface area (TPSA) is 98.9 Å². The Morgan fingerprint density at radius 2 is 2.17 bits per heavy atom. The standard InChI is InChI=1S/C5H9NO5Si/c1-12(9)10-4(7)2-3(6)5(8)11-12/h3,9H,2,6H2,1H3. The molecule has 0 aliphatic carbocycles. The molecule has 2 unspecified atom stereocenters. The maximum Gasteiger partial charge on any atom is 0.630 e. The van der Waals surface area contributed by atoms with E-state index in [1.165, 1.54) is 6.55 Å². The summed E-state index contributed by atoms with van der Waals surface area (Å²) in [5.74, 6) is -1.50. The molecule has 0 aromatic heterocycles. The van der Waals surface area contributed by atoms with Crippen LogP contribution in [0.3, 0.4) is 0 Å². The molecule has 1 saturated heterocycles. The Bertz CT molecular complexity index is 228. The second kappa shape index (κ2) is 2.85. The molecule has 2 atom stereocenters. The van der Waals surface area contributed by atoms with Gasteiger partial charge in [-0.15, -0.1) is 0 Å².